The van der Waals surface area contributed by atoms with Gasteiger partial charge in [0.05, 0.1) is 5.69 Å². The maximum Gasteiger partial charge on any atom is 0.348 e. The number of rotatable bonds is 5. The van der Waals surface area contributed by atoms with Crippen LogP contribution in [0, 0.1) is 19.8 Å². The summed E-state index contributed by atoms with van der Waals surface area (Å²) in [6, 6.07) is 1.90. The zero-order valence-corrected chi connectivity index (χ0v) is 16.3. The van der Waals surface area contributed by atoms with Gasteiger partial charge in [-0.2, -0.15) is 0 Å². The number of thiophene rings is 1. The SMILES string of the molecule is CC(=O)c1c(C)[nH]c(C(=O)COC(=O)c2cc3c(s2)CCC(C)C3)c1C. The summed E-state index contributed by atoms with van der Waals surface area (Å²) in [6.45, 7) is 6.83. The third kappa shape index (κ3) is 3.51. The molecule has 0 amide bonds. The van der Waals surface area contributed by atoms with E-state index in [1.807, 2.05) is 6.07 Å². The van der Waals surface area contributed by atoms with Gasteiger partial charge in [-0.15, -0.1) is 11.3 Å². The van der Waals surface area contributed by atoms with Gasteiger partial charge >= 0.3 is 5.97 Å². The molecule has 2 aromatic heterocycles. The number of esters is 1. The molecular weight excluding hydrogens is 350 g/mol. The van der Waals surface area contributed by atoms with E-state index in [1.54, 1.807) is 13.8 Å². The second-order valence-corrected chi connectivity index (χ2v) is 8.22. The predicted molar refractivity (Wildman–Crippen MR) is 100 cm³/mol. The molecule has 0 radical (unpaired) electrons. The molecule has 1 atom stereocenters. The number of ether oxygens (including phenoxy) is 1. The summed E-state index contributed by atoms with van der Waals surface area (Å²) in [5, 5.41) is 0. The van der Waals surface area contributed by atoms with E-state index in [2.05, 4.69) is 11.9 Å². The third-order valence-electron chi connectivity index (χ3n) is 4.93. The van der Waals surface area contributed by atoms with Gasteiger partial charge in [-0.25, -0.2) is 4.79 Å². The minimum Gasteiger partial charge on any atom is -0.453 e. The number of nitrogens with one attached hydrogen (secondary N) is 1. The third-order valence-corrected chi connectivity index (χ3v) is 6.15. The number of H-pyrrole nitrogens is 1. The van der Waals surface area contributed by atoms with Gasteiger partial charge in [0.25, 0.3) is 0 Å². The van der Waals surface area contributed by atoms with Crippen LogP contribution in [0.1, 0.15) is 72.5 Å². The molecule has 1 aliphatic carbocycles. The summed E-state index contributed by atoms with van der Waals surface area (Å²) in [5.41, 5.74) is 3.36. The highest BCUT2D eigenvalue weighted by Gasteiger charge is 2.23. The molecule has 0 aliphatic heterocycles. The first-order valence-electron chi connectivity index (χ1n) is 8.80. The molecule has 3 rings (SSSR count). The lowest BCUT2D eigenvalue weighted by atomic mass is 9.90. The second-order valence-electron chi connectivity index (χ2n) is 7.09. The van der Waals surface area contributed by atoms with E-state index in [4.69, 9.17) is 4.74 Å². The normalized spacial score (nSPS) is 16.2. The van der Waals surface area contributed by atoms with Crippen molar-refractivity contribution in [1.82, 2.24) is 4.98 Å². The van der Waals surface area contributed by atoms with E-state index in [0.29, 0.717) is 33.3 Å². The molecule has 1 unspecified atom stereocenters. The molecule has 6 heteroatoms. The summed E-state index contributed by atoms with van der Waals surface area (Å²) >= 11 is 1.47. The summed E-state index contributed by atoms with van der Waals surface area (Å²) in [6.07, 6.45) is 3.14. The van der Waals surface area contributed by atoms with E-state index < -0.39 is 5.97 Å². The predicted octanol–water partition coefficient (Wildman–Crippen LogP) is 4.06. The lowest BCUT2D eigenvalue weighted by Gasteiger charge is -2.16. The van der Waals surface area contributed by atoms with Crippen molar-refractivity contribution in [2.24, 2.45) is 5.92 Å². The highest BCUT2D eigenvalue weighted by molar-refractivity contribution is 7.14. The molecule has 0 aromatic carbocycles. The Labute approximate surface area is 156 Å². The zero-order valence-electron chi connectivity index (χ0n) is 15.5. The van der Waals surface area contributed by atoms with Gasteiger partial charge in [0, 0.05) is 16.1 Å². The van der Waals surface area contributed by atoms with E-state index >= 15 is 0 Å². The van der Waals surface area contributed by atoms with Crippen LogP contribution < -0.4 is 0 Å². The van der Waals surface area contributed by atoms with Gasteiger partial charge in [-0.1, -0.05) is 6.92 Å². The van der Waals surface area contributed by atoms with Crippen LogP contribution in [-0.4, -0.2) is 29.1 Å². The van der Waals surface area contributed by atoms with Gasteiger partial charge in [-0.05, 0) is 63.1 Å². The van der Waals surface area contributed by atoms with Crippen molar-refractivity contribution in [3.63, 3.8) is 0 Å². The molecular formula is C20H23NO4S. The quantitative estimate of drug-likeness (QED) is 0.633. The van der Waals surface area contributed by atoms with Crippen molar-refractivity contribution in [3.05, 3.63) is 43.9 Å². The molecule has 26 heavy (non-hydrogen) atoms. The molecule has 0 bridgehead atoms. The van der Waals surface area contributed by atoms with Crippen molar-refractivity contribution in [1.29, 1.82) is 0 Å². The van der Waals surface area contributed by atoms with Gasteiger partial charge in [0.2, 0.25) is 5.78 Å². The topological polar surface area (TPSA) is 76.2 Å². The number of carbonyl (C=O) groups excluding carboxylic acids is 3. The maximum atomic E-state index is 12.4. The number of carbonyl (C=O) groups is 3. The van der Waals surface area contributed by atoms with Crippen molar-refractivity contribution in [2.45, 2.75) is 47.0 Å². The van der Waals surface area contributed by atoms with Crippen LogP contribution >= 0.6 is 11.3 Å². The van der Waals surface area contributed by atoms with Gasteiger partial charge in [-0.3, -0.25) is 9.59 Å². The number of hydrogen-bond donors (Lipinski definition) is 1. The van der Waals surface area contributed by atoms with Crippen molar-refractivity contribution in [3.8, 4) is 0 Å². The molecule has 0 saturated heterocycles. The van der Waals surface area contributed by atoms with Crippen molar-refractivity contribution < 1.29 is 19.1 Å². The van der Waals surface area contributed by atoms with E-state index in [9.17, 15) is 14.4 Å². The first kappa shape index (κ1) is 18.6. The first-order chi connectivity index (χ1) is 12.3. The Morgan fingerprint density at radius 2 is 2.04 bits per heavy atom. The minimum atomic E-state index is -0.460. The maximum absolute atomic E-state index is 12.4. The molecule has 5 nitrogen and oxygen atoms in total. The van der Waals surface area contributed by atoms with Gasteiger partial charge in [0.15, 0.2) is 12.4 Å². The number of aryl methyl sites for hydroxylation is 2. The summed E-state index contributed by atoms with van der Waals surface area (Å²) < 4.78 is 5.23. The van der Waals surface area contributed by atoms with Crippen molar-refractivity contribution >= 4 is 28.9 Å². The standard InChI is InChI=1S/C20H23NO4S/c1-10-5-6-16-14(7-10)8-17(26-16)20(24)25-9-15(23)19-11(2)18(13(4)22)12(3)21-19/h8,10,21H,5-7,9H2,1-4H3. The molecule has 1 aliphatic rings. The van der Waals surface area contributed by atoms with Crippen LogP contribution in [0.3, 0.4) is 0 Å². The fourth-order valence-corrected chi connectivity index (χ4v) is 4.74. The largest absolute Gasteiger partial charge is 0.453 e. The fourth-order valence-electron chi connectivity index (χ4n) is 3.64. The Morgan fingerprint density at radius 1 is 1.31 bits per heavy atom. The number of ketones is 2. The molecule has 2 aromatic rings. The van der Waals surface area contributed by atoms with Crippen LogP contribution in [0.25, 0.3) is 0 Å². The average molecular weight is 373 g/mol. The fraction of sp³-hybridized carbons (Fsp3) is 0.450. The lowest BCUT2D eigenvalue weighted by Crippen LogP contribution is -2.15. The Hall–Kier alpha value is -2.21. The Bertz CT molecular complexity index is 890. The lowest BCUT2D eigenvalue weighted by molar-refractivity contribution is 0.0478. The summed E-state index contributed by atoms with van der Waals surface area (Å²) in [5.74, 6) is -0.248. The van der Waals surface area contributed by atoms with E-state index in [0.717, 1.165) is 19.3 Å². The monoisotopic (exact) mass is 373 g/mol. The molecule has 0 fully saturated rings. The minimum absolute atomic E-state index is 0.0920. The van der Waals surface area contributed by atoms with E-state index in [-0.39, 0.29) is 18.2 Å². The highest BCUT2D eigenvalue weighted by atomic mass is 32.1. The molecule has 0 saturated carbocycles. The number of hydrogen-bond acceptors (Lipinski definition) is 5. The smallest absolute Gasteiger partial charge is 0.348 e. The van der Waals surface area contributed by atoms with Crippen LogP contribution in [0.15, 0.2) is 6.07 Å². The highest BCUT2D eigenvalue weighted by Crippen LogP contribution is 2.32. The number of fused-ring (bicyclic) bond motifs is 1. The first-order valence-corrected chi connectivity index (χ1v) is 9.61. The summed E-state index contributed by atoms with van der Waals surface area (Å²) in [4.78, 5) is 41.2. The number of aromatic nitrogens is 1. The van der Waals surface area contributed by atoms with E-state index in [1.165, 1.54) is 28.7 Å². The van der Waals surface area contributed by atoms with Gasteiger partial charge in [0.1, 0.15) is 4.88 Å². The Balaban J connectivity index is 1.68. The average Bonchev–Trinajstić information content (AvgIpc) is 3.12. The van der Waals surface area contributed by atoms with Crippen LogP contribution in [-0.2, 0) is 17.6 Å². The van der Waals surface area contributed by atoms with Crippen LogP contribution in [0.4, 0.5) is 0 Å². The molecule has 2 heterocycles. The summed E-state index contributed by atoms with van der Waals surface area (Å²) in [7, 11) is 0. The number of aromatic amines is 1. The second kappa shape index (κ2) is 7.19. The van der Waals surface area contributed by atoms with Crippen molar-refractivity contribution in [2.75, 3.05) is 6.61 Å². The molecule has 1 N–H and O–H groups in total. The Morgan fingerprint density at radius 3 is 2.69 bits per heavy atom. The zero-order chi connectivity index (χ0) is 19.0. The van der Waals surface area contributed by atoms with Crippen LogP contribution in [0.2, 0.25) is 0 Å². The molecule has 138 valence electrons. The van der Waals surface area contributed by atoms with Gasteiger partial charge < -0.3 is 9.72 Å². The Kier molecular flexibility index (Phi) is 5.14. The number of Topliss-reactive ketones (excluding diaryl/α,β-unsaturated/α-hetero) is 2. The van der Waals surface area contributed by atoms with Crippen LogP contribution in [0.5, 0.6) is 0 Å². The molecule has 0 spiro atoms.